The molecule has 0 amide bonds. The second-order valence-electron chi connectivity index (χ2n) is 33.3. The Bertz CT molecular complexity index is 2520. The normalized spacial score (nSPS) is 35.6. The van der Waals surface area contributed by atoms with Crippen LogP contribution in [0.1, 0.15) is 271 Å². The van der Waals surface area contributed by atoms with Crippen LogP contribution < -0.4 is 0 Å². The summed E-state index contributed by atoms with van der Waals surface area (Å²) >= 11 is 0. The van der Waals surface area contributed by atoms with E-state index in [1.54, 1.807) is 6.92 Å². The number of cyclic esters (lactones) is 2. The lowest BCUT2D eigenvalue weighted by molar-refractivity contribution is -0.316. The lowest BCUT2D eigenvalue weighted by atomic mass is 9.98. The van der Waals surface area contributed by atoms with Crippen molar-refractivity contribution in [1.29, 1.82) is 0 Å². The Morgan fingerprint density at radius 3 is 0.897 bits per heavy atom. The fraction of sp³-hybridized carbons (Fsp3) is 0.976. The number of aliphatic hydroxyl groups excluding tert-OH is 16. The number of methoxy groups -OCH3 is 3. The second-order valence-corrected chi connectivity index (χ2v) is 33.3. The van der Waals surface area contributed by atoms with Gasteiger partial charge in [0.1, 0.15) is 135 Å². The maximum atomic E-state index is 13.6. The molecule has 0 saturated carbocycles. The van der Waals surface area contributed by atoms with Crippen LogP contribution >= 0.6 is 0 Å². The van der Waals surface area contributed by atoms with E-state index in [1.807, 2.05) is 6.92 Å². The van der Waals surface area contributed by atoms with E-state index in [2.05, 4.69) is 0 Å². The van der Waals surface area contributed by atoms with Gasteiger partial charge in [0.15, 0.2) is 31.5 Å². The van der Waals surface area contributed by atoms with Gasteiger partial charge in [0, 0.05) is 21.3 Å². The van der Waals surface area contributed by atoms with Gasteiger partial charge < -0.3 is 153 Å². The van der Waals surface area contributed by atoms with E-state index in [0.29, 0.717) is 38.5 Å². The topological polar surface area (TPSA) is 496 Å². The monoisotopic (exact) mass is 1680 g/mol. The molecule has 0 aromatic carbocycles. The first kappa shape index (κ1) is 103. The first-order chi connectivity index (χ1) is 55.9. The van der Waals surface area contributed by atoms with Gasteiger partial charge >= 0.3 is 11.9 Å². The largest absolute Gasteiger partial charge is 0.463 e. The summed E-state index contributed by atoms with van der Waals surface area (Å²) in [6, 6.07) is 0. The van der Waals surface area contributed by atoms with Crippen molar-refractivity contribution in [2.24, 2.45) is 0 Å². The van der Waals surface area contributed by atoms with Crippen molar-refractivity contribution in [2.75, 3.05) is 54.4 Å². The number of hydrogen-bond donors (Lipinski definition) is 16. The van der Waals surface area contributed by atoms with Gasteiger partial charge in [-0.1, -0.05) is 193 Å². The van der Waals surface area contributed by atoms with E-state index >= 15 is 0 Å². The minimum atomic E-state index is -1.77. The van der Waals surface area contributed by atoms with Crippen LogP contribution in [0.3, 0.4) is 0 Å². The third kappa shape index (κ3) is 35.1. The second kappa shape index (κ2) is 57.3. The Labute approximate surface area is 686 Å². The highest BCUT2D eigenvalue weighted by atomic mass is 16.8. The van der Waals surface area contributed by atoms with Gasteiger partial charge in [-0.2, -0.15) is 0 Å². The van der Waals surface area contributed by atoms with Gasteiger partial charge in [-0.3, -0.25) is 9.59 Å². The molecule has 6 saturated heterocycles. The van der Waals surface area contributed by atoms with Crippen LogP contribution in [0.2, 0.25) is 0 Å². The van der Waals surface area contributed by atoms with E-state index in [9.17, 15) is 91.3 Å². The van der Waals surface area contributed by atoms with E-state index in [1.165, 1.54) is 21.3 Å². The van der Waals surface area contributed by atoms with Gasteiger partial charge in [0.05, 0.1) is 69.3 Å². The molecule has 0 radical (unpaired) electrons. The molecule has 6 aliphatic rings. The van der Waals surface area contributed by atoms with E-state index in [0.717, 1.165) is 205 Å². The minimum absolute atomic E-state index is 0.187. The average Bonchev–Trinajstić information content (AvgIpc) is 0.834. The SMILES string of the molecule is CO[C@H]1[C@H](OC(C)CCCCCC(CCCCCCCCCCCCCCCC2CC(=O)OC[C@H]3O[C@@H](OC(CCCCCCCCCCCCCC(CCCCCC(C)O)O[C@@H]4O[C@H](CO)[C@@H](O)[C@H](O)[C@H]4OC)CC(=O)OC[C@@H]4O[C@H](O2)[C@@H](O)[C@H](O)[C@H]4O)[C@H](O)[C@@H](O)[C@@H]3O)O[C@@H]2O[C@H](CO)[C@@H](O)[C@H](O)[C@H]2OC)O[C@H](CO)[C@@H](O)[C@@H]1O. The Morgan fingerprint density at radius 1 is 0.319 bits per heavy atom. The van der Waals surface area contributed by atoms with Crippen LogP contribution in [0.5, 0.6) is 0 Å². The van der Waals surface area contributed by atoms with Crippen LogP contribution in [-0.4, -0.2) is 338 Å². The Morgan fingerprint density at radius 2 is 0.595 bits per heavy atom. The number of ether oxygens (including phenoxy) is 15. The summed E-state index contributed by atoms with van der Waals surface area (Å²) in [5.74, 6) is -1.54. The summed E-state index contributed by atoms with van der Waals surface area (Å²) in [6.07, 6.45) is -3.24. The van der Waals surface area contributed by atoms with Crippen molar-refractivity contribution < 1.29 is 162 Å². The molecular weight excluding hydrogens is 1520 g/mol. The van der Waals surface area contributed by atoms with Crippen molar-refractivity contribution in [3.63, 3.8) is 0 Å². The molecule has 33 nitrogen and oxygen atoms in total. The zero-order chi connectivity index (χ0) is 84.5. The van der Waals surface area contributed by atoms with Crippen molar-refractivity contribution in [1.82, 2.24) is 0 Å². The third-order valence-electron chi connectivity index (χ3n) is 23.8. The Balaban J connectivity index is 0.871. The molecule has 31 atom stereocenters. The molecule has 33 heteroatoms. The summed E-state index contributed by atoms with van der Waals surface area (Å²) in [6.45, 7) is 1.10. The first-order valence-corrected chi connectivity index (χ1v) is 44.0. The van der Waals surface area contributed by atoms with Gasteiger partial charge in [-0.15, -0.1) is 0 Å². The van der Waals surface area contributed by atoms with Crippen molar-refractivity contribution >= 4 is 11.9 Å². The fourth-order valence-corrected chi connectivity index (χ4v) is 16.5. The summed E-state index contributed by atoms with van der Waals surface area (Å²) < 4.78 is 88.3. The molecule has 6 heterocycles. The lowest BCUT2D eigenvalue weighted by Crippen LogP contribution is -2.60. The maximum Gasteiger partial charge on any atom is 0.308 e. The summed E-state index contributed by atoms with van der Waals surface area (Å²) in [7, 11) is 4.22. The van der Waals surface area contributed by atoms with Crippen molar-refractivity contribution in [3.8, 4) is 0 Å². The molecule has 682 valence electrons. The maximum absolute atomic E-state index is 13.6. The third-order valence-corrected chi connectivity index (χ3v) is 23.8. The number of carbonyl (C=O) groups excluding carboxylic acids is 2. The molecule has 0 aromatic heterocycles. The molecule has 0 aromatic rings. The predicted octanol–water partition coefficient (Wildman–Crippen LogP) is 3.99. The molecular formula is C83H152O33. The van der Waals surface area contributed by atoms with Crippen LogP contribution in [0.15, 0.2) is 0 Å². The quantitative estimate of drug-likeness (QED) is 0.0302. The van der Waals surface area contributed by atoms with Gasteiger partial charge in [0.25, 0.3) is 0 Å². The van der Waals surface area contributed by atoms with Crippen LogP contribution in [0, 0.1) is 0 Å². The number of fused-ring (bicyclic) bond motifs is 4. The van der Waals surface area contributed by atoms with Gasteiger partial charge in [-0.25, -0.2) is 0 Å². The number of hydrogen-bond acceptors (Lipinski definition) is 33. The van der Waals surface area contributed by atoms with E-state index in [4.69, 9.17) is 71.1 Å². The molecule has 6 aliphatic heterocycles. The first-order valence-electron chi connectivity index (χ1n) is 44.0. The smallest absolute Gasteiger partial charge is 0.308 e. The molecule has 6 fully saturated rings. The van der Waals surface area contributed by atoms with Crippen molar-refractivity contribution in [3.05, 3.63) is 0 Å². The molecule has 0 spiro atoms. The molecule has 6 unspecified atom stereocenters. The molecule has 6 rings (SSSR count). The predicted molar refractivity (Wildman–Crippen MR) is 417 cm³/mol. The van der Waals surface area contributed by atoms with Crippen LogP contribution in [-0.2, 0) is 80.6 Å². The zero-order valence-electron chi connectivity index (χ0n) is 69.8. The molecule has 116 heavy (non-hydrogen) atoms. The summed E-state index contributed by atoms with van der Waals surface area (Å²) in [4.78, 5) is 27.2. The van der Waals surface area contributed by atoms with Crippen molar-refractivity contribution in [2.45, 2.75) is 461 Å². The van der Waals surface area contributed by atoms with Crippen LogP contribution in [0.4, 0.5) is 0 Å². The highest BCUT2D eigenvalue weighted by molar-refractivity contribution is 5.70. The fourth-order valence-electron chi connectivity index (χ4n) is 16.5. The number of carbonyl (C=O) groups is 2. The van der Waals surface area contributed by atoms with Gasteiger partial charge in [-0.05, 0) is 65.2 Å². The Kier molecular flexibility index (Phi) is 50.7. The summed E-state index contributed by atoms with van der Waals surface area (Å²) in [5.41, 5.74) is 0. The van der Waals surface area contributed by atoms with Crippen LogP contribution in [0.25, 0.3) is 0 Å². The standard InChI is InChI=1S/C83H152O33/c1-51(87)36-28-26-34-40-53(108-82-77(103-4)72(98)65(91)58(47-85)113-82)38-30-22-19-15-12-9-13-17-21-25-33-43-56-45-63(89)106-50-60-67(93)69(95)74(100)79(115-60)110-55(44-62(88)105-49-61-68(94)70(96)75(101)80(111-56)116-61)42-32-24-20-16-11-8-6-7-10-14-18-23-31-39-54(109-83-78(104-5)73(99)66(92)59(48-86)114-83)41-35-27-29-37-52(2)107-81-76(102-3)71(97)64(90)57(46-84)112-81/h51-61,64-87,90-101H,6-50H2,1-5H3/t51?,52?,53?,54?,55?,56?,57-,58-,59-,60+,61-,64-,65-,66-,67+,68-,69-,70+,71+,72+,73+,74+,75-,76-,77-,78-,79+,80-,81-,82-,83-/m1/s1. The average molecular weight is 1680 g/mol. The molecule has 0 aliphatic carbocycles. The molecule has 4 bridgehead atoms. The molecule has 16 N–H and O–H groups in total. The van der Waals surface area contributed by atoms with Gasteiger partial charge in [0.2, 0.25) is 0 Å². The van der Waals surface area contributed by atoms with E-state index in [-0.39, 0.29) is 37.3 Å². The number of unbranched alkanes of at least 4 members (excludes halogenated alkanes) is 26. The highest BCUT2D eigenvalue weighted by Crippen LogP contribution is 2.34. The number of rotatable bonds is 54. The van der Waals surface area contributed by atoms with E-state index < -0.39 is 211 Å². The Hall–Kier alpha value is -2.22. The zero-order valence-corrected chi connectivity index (χ0v) is 69.8. The minimum Gasteiger partial charge on any atom is -0.463 e. The number of aliphatic hydroxyl groups is 16. The lowest BCUT2D eigenvalue weighted by Gasteiger charge is -2.42. The summed E-state index contributed by atoms with van der Waals surface area (Å²) in [5, 5.41) is 169. The number of esters is 2. The highest BCUT2D eigenvalue weighted by Gasteiger charge is 2.51.